The molecule has 25 heavy (non-hydrogen) atoms. The molecule has 5 heteroatoms. The largest absolute Gasteiger partial charge is 0.381 e. The first-order valence-corrected chi connectivity index (χ1v) is 9.34. The molecule has 2 aromatic heterocycles. The molecule has 0 saturated carbocycles. The average molecular weight is 341 g/mol. The molecule has 0 bridgehead atoms. The minimum absolute atomic E-state index is 0.496. The molecule has 134 valence electrons. The van der Waals surface area contributed by atoms with Crippen molar-refractivity contribution in [1.29, 1.82) is 0 Å². The standard InChI is InChI=1S/C20H27N3O2/c1-3-17(13-21-8-1)16-25-12-7-20-15-22(18-5-10-24-11-6-18)14-19-4-2-9-23(19)20/h1-4,8-9,13,18,20H,5-7,10-12,14-16H2. The zero-order valence-corrected chi connectivity index (χ0v) is 14.7. The molecule has 4 rings (SSSR count). The number of nitrogens with zero attached hydrogens (tertiary/aromatic N) is 3. The third kappa shape index (κ3) is 4.11. The molecule has 5 nitrogen and oxygen atoms in total. The Balaban J connectivity index is 1.33. The Morgan fingerprint density at radius 3 is 2.96 bits per heavy atom. The van der Waals surface area contributed by atoms with Crippen LogP contribution in [0.5, 0.6) is 0 Å². The van der Waals surface area contributed by atoms with Gasteiger partial charge in [0.2, 0.25) is 0 Å². The maximum Gasteiger partial charge on any atom is 0.0731 e. The van der Waals surface area contributed by atoms with E-state index in [0.717, 1.165) is 57.7 Å². The van der Waals surface area contributed by atoms with E-state index in [2.05, 4.69) is 38.8 Å². The second kappa shape index (κ2) is 8.13. The van der Waals surface area contributed by atoms with Crippen LogP contribution in [0, 0.1) is 0 Å². The first-order chi connectivity index (χ1) is 12.4. The molecular weight excluding hydrogens is 314 g/mol. The summed E-state index contributed by atoms with van der Waals surface area (Å²) in [6, 6.07) is 9.61. The van der Waals surface area contributed by atoms with E-state index >= 15 is 0 Å². The smallest absolute Gasteiger partial charge is 0.0731 e. The number of rotatable bonds is 6. The van der Waals surface area contributed by atoms with Crippen LogP contribution in [0.4, 0.5) is 0 Å². The van der Waals surface area contributed by atoms with Crippen LogP contribution >= 0.6 is 0 Å². The van der Waals surface area contributed by atoms with Crippen molar-refractivity contribution in [2.75, 3.05) is 26.4 Å². The SMILES string of the molecule is c1cncc(COCCC2CN(C3CCOCC3)Cc3cccn32)c1. The first-order valence-electron chi connectivity index (χ1n) is 9.34. The van der Waals surface area contributed by atoms with Gasteiger partial charge in [0.25, 0.3) is 0 Å². The fourth-order valence-corrected chi connectivity index (χ4v) is 4.00. The van der Waals surface area contributed by atoms with E-state index in [9.17, 15) is 0 Å². The van der Waals surface area contributed by atoms with Gasteiger partial charge in [0.1, 0.15) is 0 Å². The van der Waals surface area contributed by atoms with Crippen LogP contribution in [-0.2, 0) is 22.6 Å². The normalized spacial score (nSPS) is 22.0. The minimum Gasteiger partial charge on any atom is -0.381 e. The van der Waals surface area contributed by atoms with Gasteiger partial charge in [0.15, 0.2) is 0 Å². The maximum atomic E-state index is 5.90. The predicted octanol–water partition coefficient (Wildman–Crippen LogP) is 3.03. The highest BCUT2D eigenvalue weighted by molar-refractivity contribution is 5.12. The first kappa shape index (κ1) is 16.8. The molecule has 0 amide bonds. The second-order valence-electron chi connectivity index (χ2n) is 7.04. The van der Waals surface area contributed by atoms with Crippen molar-refractivity contribution in [1.82, 2.24) is 14.5 Å². The van der Waals surface area contributed by atoms with Gasteiger partial charge in [-0.15, -0.1) is 0 Å². The van der Waals surface area contributed by atoms with Crippen LogP contribution < -0.4 is 0 Å². The van der Waals surface area contributed by atoms with E-state index in [4.69, 9.17) is 9.47 Å². The van der Waals surface area contributed by atoms with Gasteiger partial charge >= 0.3 is 0 Å². The van der Waals surface area contributed by atoms with Crippen molar-refractivity contribution in [2.24, 2.45) is 0 Å². The van der Waals surface area contributed by atoms with Crippen LogP contribution in [0.15, 0.2) is 42.9 Å². The lowest BCUT2D eigenvalue weighted by Crippen LogP contribution is -2.45. The van der Waals surface area contributed by atoms with E-state index in [1.54, 1.807) is 6.20 Å². The average Bonchev–Trinajstić information content (AvgIpc) is 3.15. The van der Waals surface area contributed by atoms with E-state index in [-0.39, 0.29) is 0 Å². The molecule has 1 saturated heterocycles. The summed E-state index contributed by atoms with van der Waals surface area (Å²) in [5.41, 5.74) is 2.56. The van der Waals surface area contributed by atoms with Gasteiger partial charge in [-0.1, -0.05) is 6.07 Å². The molecule has 1 fully saturated rings. The zero-order valence-electron chi connectivity index (χ0n) is 14.7. The van der Waals surface area contributed by atoms with Gasteiger partial charge in [-0.2, -0.15) is 0 Å². The van der Waals surface area contributed by atoms with Gasteiger partial charge in [0, 0.05) is 69.3 Å². The molecule has 2 aliphatic heterocycles. The number of hydrogen-bond acceptors (Lipinski definition) is 4. The molecule has 2 aromatic rings. The molecular formula is C20H27N3O2. The summed E-state index contributed by atoms with van der Waals surface area (Å²) in [5.74, 6) is 0. The Kier molecular flexibility index (Phi) is 5.45. The Labute approximate surface area is 149 Å². The third-order valence-corrected chi connectivity index (χ3v) is 5.36. The van der Waals surface area contributed by atoms with E-state index < -0.39 is 0 Å². The molecule has 1 atom stereocenters. The Hall–Kier alpha value is -1.69. The van der Waals surface area contributed by atoms with Gasteiger partial charge in [-0.05, 0) is 43.0 Å². The quantitative estimate of drug-likeness (QED) is 0.757. The van der Waals surface area contributed by atoms with Crippen LogP contribution in [-0.4, -0.2) is 46.9 Å². The number of fused-ring (bicyclic) bond motifs is 1. The van der Waals surface area contributed by atoms with Crippen molar-refractivity contribution in [3.63, 3.8) is 0 Å². The van der Waals surface area contributed by atoms with Crippen LogP contribution in [0.1, 0.15) is 36.6 Å². The number of aromatic nitrogens is 2. The molecule has 0 aliphatic carbocycles. The fourth-order valence-electron chi connectivity index (χ4n) is 4.00. The summed E-state index contributed by atoms with van der Waals surface area (Å²) in [4.78, 5) is 6.79. The summed E-state index contributed by atoms with van der Waals surface area (Å²) in [6.07, 6.45) is 9.25. The van der Waals surface area contributed by atoms with E-state index in [1.807, 2.05) is 12.3 Å². The highest BCUT2D eigenvalue weighted by Gasteiger charge is 2.29. The molecule has 2 aliphatic rings. The Morgan fingerprint density at radius 2 is 2.12 bits per heavy atom. The van der Waals surface area contributed by atoms with Crippen molar-refractivity contribution in [3.8, 4) is 0 Å². The second-order valence-corrected chi connectivity index (χ2v) is 7.04. The Bertz CT molecular complexity index is 652. The molecule has 0 radical (unpaired) electrons. The number of ether oxygens (including phenoxy) is 2. The van der Waals surface area contributed by atoms with Gasteiger partial charge < -0.3 is 14.0 Å². The summed E-state index contributed by atoms with van der Waals surface area (Å²) < 4.78 is 13.9. The molecule has 0 N–H and O–H groups in total. The lowest BCUT2D eigenvalue weighted by atomic mass is 10.0. The number of hydrogen-bond donors (Lipinski definition) is 0. The Morgan fingerprint density at radius 1 is 1.20 bits per heavy atom. The minimum atomic E-state index is 0.496. The monoisotopic (exact) mass is 341 g/mol. The summed E-state index contributed by atoms with van der Waals surface area (Å²) in [7, 11) is 0. The van der Waals surface area contributed by atoms with Crippen LogP contribution in [0.3, 0.4) is 0 Å². The van der Waals surface area contributed by atoms with E-state index in [1.165, 1.54) is 5.69 Å². The third-order valence-electron chi connectivity index (χ3n) is 5.36. The summed E-state index contributed by atoms with van der Waals surface area (Å²) in [5, 5.41) is 0. The fraction of sp³-hybridized carbons (Fsp3) is 0.550. The number of pyridine rings is 1. The highest BCUT2D eigenvalue weighted by atomic mass is 16.5. The van der Waals surface area contributed by atoms with Gasteiger partial charge in [-0.3, -0.25) is 9.88 Å². The van der Waals surface area contributed by atoms with Gasteiger partial charge in [0.05, 0.1) is 6.61 Å². The van der Waals surface area contributed by atoms with Crippen molar-refractivity contribution in [3.05, 3.63) is 54.1 Å². The molecule has 1 unspecified atom stereocenters. The molecule has 0 spiro atoms. The summed E-state index contributed by atoms with van der Waals surface area (Å²) in [6.45, 7) is 5.40. The zero-order chi connectivity index (χ0) is 16.9. The molecule has 0 aromatic carbocycles. The lowest BCUT2D eigenvalue weighted by Gasteiger charge is -2.41. The van der Waals surface area contributed by atoms with Crippen LogP contribution in [0.25, 0.3) is 0 Å². The lowest BCUT2D eigenvalue weighted by molar-refractivity contribution is 0.0136. The van der Waals surface area contributed by atoms with Crippen molar-refractivity contribution < 1.29 is 9.47 Å². The predicted molar refractivity (Wildman–Crippen MR) is 96.2 cm³/mol. The summed E-state index contributed by atoms with van der Waals surface area (Å²) >= 11 is 0. The van der Waals surface area contributed by atoms with E-state index in [0.29, 0.717) is 18.7 Å². The van der Waals surface area contributed by atoms with Crippen molar-refractivity contribution >= 4 is 0 Å². The maximum absolute atomic E-state index is 5.90. The highest BCUT2D eigenvalue weighted by Crippen LogP contribution is 2.28. The molecule has 4 heterocycles. The van der Waals surface area contributed by atoms with Crippen molar-refractivity contribution in [2.45, 2.75) is 44.5 Å². The van der Waals surface area contributed by atoms with Gasteiger partial charge in [-0.25, -0.2) is 0 Å². The topological polar surface area (TPSA) is 39.5 Å². The van der Waals surface area contributed by atoms with Crippen LogP contribution in [0.2, 0.25) is 0 Å².